The molecule has 0 radical (unpaired) electrons. The van der Waals surface area contributed by atoms with Gasteiger partial charge in [0.1, 0.15) is 26.3 Å². The van der Waals surface area contributed by atoms with Crippen LogP contribution in [0.5, 0.6) is 0 Å². The first-order valence-electron chi connectivity index (χ1n) is 15.6. The minimum Gasteiger partial charge on any atom is -0.459 e. The van der Waals surface area contributed by atoms with Crippen LogP contribution in [0.2, 0.25) is 6.04 Å². The highest BCUT2D eigenvalue weighted by molar-refractivity contribution is 7.99. The van der Waals surface area contributed by atoms with Crippen LogP contribution in [0.25, 0.3) is 0 Å². The second-order valence-electron chi connectivity index (χ2n) is 14.7. The summed E-state index contributed by atoms with van der Waals surface area (Å²) in [5, 5.41) is 0. The number of hydrogen-bond acceptors (Lipinski definition) is 8. The van der Waals surface area contributed by atoms with Gasteiger partial charge >= 0.3 is 20.7 Å². The largest absolute Gasteiger partial charge is 0.500 e. The van der Waals surface area contributed by atoms with E-state index in [1.807, 2.05) is 39.0 Å². The fourth-order valence-corrected chi connectivity index (χ4v) is 8.07. The molecule has 1 aromatic carbocycles. The second-order valence-corrected chi connectivity index (χ2v) is 18.9. The minimum absolute atomic E-state index is 0.0516. The van der Waals surface area contributed by atoms with Crippen molar-refractivity contribution in [2.24, 2.45) is 10.8 Å². The highest BCUT2D eigenvalue weighted by Gasteiger charge is 2.42. The number of hydrogen-bond donors (Lipinski definition) is 0. The standard InChI is InChI=1S/C33H62N2O7SSi/c1-32(2,30(36)41-21-19-34(4,5)6)25-29(28-17-14-13-15-18-28)26-33(3,31(37)42-22-20-35(7,8)9)27-43-23-16-24-44(38-10,39-11)40-12/h13-15,17-18,29H,16,19-27H2,1-12H3/q+2. The smallest absolute Gasteiger partial charge is 0.459 e. The molecule has 0 fully saturated rings. The van der Waals surface area contributed by atoms with Crippen LogP contribution >= 0.6 is 11.8 Å². The molecule has 0 heterocycles. The summed E-state index contributed by atoms with van der Waals surface area (Å²) in [6.07, 6.45) is 1.94. The quantitative estimate of drug-likeness (QED) is 0.0739. The van der Waals surface area contributed by atoms with Crippen molar-refractivity contribution in [1.82, 2.24) is 0 Å². The zero-order chi connectivity index (χ0) is 33.7. The lowest BCUT2D eigenvalue weighted by molar-refractivity contribution is -0.870. The van der Waals surface area contributed by atoms with E-state index in [4.69, 9.17) is 22.8 Å². The van der Waals surface area contributed by atoms with Crippen LogP contribution in [0.3, 0.4) is 0 Å². The molecule has 0 saturated carbocycles. The average Bonchev–Trinajstić information content (AvgIpc) is 2.94. The van der Waals surface area contributed by atoms with Gasteiger partial charge in [0, 0.05) is 33.1 Å². The highest BCUT2D eigenvalue weighted by Crippen LogP contribution is 2.42. The van der Waals surface area contributed by atoms with Crippen molar-refractivity contribution >= 4 is 32.5 Å². The molecular weight excluding hydrogens is 597 g/mol. The molecule has 254 valence electrons. The Morgan fingerprint density at radius 3 is 1.77 bits per heavy atom. The van der Waals surface area contributed by atoms with Crippen molar-refractivity contribution in [2.75, 3.05) is 101 Å². The summed E-state index contributed by atoms with van der Waals surface area (Å²) in [6.45, 7) is 8.08. The van der Waals surface area contributed by atoms with Gasteiger partial charge in [0.05, 0.1) is 53.1 Å². The molecule has 11 heteroatoms. The highest BCUT2D eigenvalue weighted by atomic mass is 32.2. The molecule has 0 N–H and O–H groups in total. The number of quaternary nitrogens is 2. The van der Waals surface area contributed by atoms with Crippen LogP contribution in [0.1, 0.15) is 51.5 Å². The third-order valence-electron chi connectivity index (χ3n) is 7.89. The Morgan fingerprint density at radius 1 is 0.795 bits per heavy atom. The van der Waals surface area contributed by atoms with Gasteiger partial charge in [0.2, 0.25) is 0 Å². The van der Waals surface area contributed by atoms with Crippen LogP contribution < -0.4 is 0 Å². The van der Waals surface area contributed by atoms with Gasteiger partial charge in [-0.25, -0.2) is 0 Å². The molecular formula is C33H62N2O7SSi+2. The van der Waals surface area contributed by atoms with Gasteiger partial charge < -0.3 is 31.7 Å². The molecule has 0 aliphatic heterocycles. The van der Waals surface area contributed by atoms with Crippen molar-refractivity contribution in [2.45, 2.75) is 52.0 Å². The molecule has 0 aromatic heterocycles. The van der Waals surface area contributed by atoms with Gasteiger partial charge in [0.25, 0.3) is 0 Å². The number of thioether (sulfide) groups is 1. The predicted molar refractivity (Wildman–Crippen MR) is 182 cm³/mol. The monoisotopic (exact) mass is 658 g/mol. The van der Waals surface area contributed by atoms with Crippen molar-refractivity contribution < 1.29 is 41.3 Å². The molecule has 0 aliphatic rings. The predicted octanol–water partition coefficient (Wildman–Crippen LogP) is 5.08. The normalized spacial score (nSPS) is 15.0. The van der Waals surface area contributed by atoms with Gasteiger partial charge in [-0.15, -0.1) is 0 Å². The molecule has 9 nitrogen and oxygen atoms in total. The number of nitrogens with zero attached hydrogens (tertiary/aromatic N) is 2. The van der Waals surface area contributed by atoms with E-state index in [0.717, 1.165) is 35.3 Å². The van der Waals surface area contributed by atoms with Crippen molar-refractivity contribution in [3.8, 4) is 0 Å². The van der Waals surface area contributed by atoms with Crippen molar-refractivity contribution in [3.05, 3.63) is 35.9 Å². The van der Waals surface area contributed by atoms with E-state index in [9.17, 15) is 9.59 Å². The fourth-order valence-electron chi connectivity index (χ4n) is 4.92. The van der Waals surface area contributed by atoms with Crippen LogP contribution in [-0.2, 0) is 32.3 Å². The summed E-state index contributed by atoms with van der Waals surface area (Å²) in [7, 11) is 14.7. The van der Waals surface area contributed by atoms with E-state index in [1.165, 1.54) is 0 Å². The van der Waals surface area contributed by atoms with Gasteiger partial charge in [0.15, 0.2) is 0 Å². The molecule has 0 spiro atoms. The number of likely N-dealkylation sites (N-methyl/N-ethyl adjacent to an activating group) is 2. The van der Waals surface area contributed by atoms with Crippen LogP contribution in [0.4, 0.5) is 0 Å². The molecule has 44 heavy (non-hydrogen) atoms. The van der Waals surface area contributed by atoms with E-state index in [-0.39, 0.29) is 17.9 Å². The van der Waals surface area contributed by atoms with E-state index < -0.39 is 19.6 Å². The Labute approximate surface area is 273 Å². The van der Waals surface area contributed by atoms with Crippen LogP contribution in [0.15, 0.2) is 30.3 Å². The number of ether oxygens (including phenoxy) is 2. The number of carbonyl (C=O) groups excluding carboxylic acids is 2. The number of esters is 2. The SMILES string of the molecule is CO[Si](CCCSCC(C)(CC(CC(C)(C)C(=O)OCC[N+](C)(C)C)c1ccccc1)C(=O)OCC[N+](C)(C)C)(OC)OC. The summed E-state index contributed by atoms with van der Waals surface area (Å²) in [4.78, 5) is 27.1. The Bertz CT molecular complexity index is 986. The van der Waals surface area contributed by atoms with Gasteiger partial charge in [-0.1, -0.05) is 30.3 Å². The van der Waals surface area contributed by atoms with Crippen LogP contribution in [0, 0.1) is 10.8 Å². The summed E-state index contributed by atoms with van der Waals surface area (Å²) in [5.41, 5.74) is -0.398. The zero-order valence-electron chi connectivity index (χ0n) is 29.7. The Hall–Kier alpha value is -1.47. The Kier molecular flexibility index (Phi) is 16.6. The molecule has 0 amide bonds. The minimum atomic E-state index is -2.65. The zero-order valence-corrected chi connectivity index (χ0v) is 31.5. The molecule has 1 aromatic rings. The number of benzene rings is 1. The maximum Gasteiger partial charge on any atom is 0.500 e. The first kappa shape index (κ1) is 40.6. The lowest BCUT2D eigenvalue weighted by atomic mass is 9.72. The van der Waals surface area contributed by atoms with Gasteiger partial charge in [-0.05, 0) is 57.3 Å². The van der Waals surface area contributed by atoms with Crippen molar-refractivity contribution in [3.63, 3.8) is 0 Å². The first-order chi connectivity index (χ1) is 20.3. The Balaban J connectivity index is 3.19. The number of rotatable bonds is 22. The molecule has 0 saturated heterocycles. The van der Waals surface area contributed by atoms with Gasteiger partial charge in [-0.3, -0.25) is 9.59 Å². The molecule has 2 unspecified atom stereocenters. The maximum absolute atomic E-state index is 13.8. The molecule has 0 aliphatic carbocycles. The van der Waals surface area contributed by atoms with E-state index in [0.29, 0.717) is 42.3 Å². The maximum atomic E-state index is 13.8. The second kappa shape index (κ2) is 18.0. The number of carbonyl (C=O) groups is 2. The molecule has 0 bridgehead atoms. The van der Waals surface area contributed by atoms with Crippen molar-refractivity contribution in [1.29, 1.82) is 0 Å². The summed E-state index contributed by atoms with van der Waals surface area (Å²) >= 11 is 1.73. The van der Waals surface area contributed by atoms with E-state index in [2.05, 4.69) is 54.4 Å². The lowest BCUT2D eigenvalue weighted by Gasteiger charge is -2.35. The third kappa shape index (κ3) is 14.7. The van der Waals surface area contributed by atoms with E-state index in [1.54, 1.807) is 33.1 Å². The lowest BCUT2D eigenvalue weighted by Crippen LogP contribution is -2.42. The van der Waals surface area contributed by atoms with Crippen LogP contribution in [-0.4, -0.2) is 131 Å². The topological polar surface area (TPSA) is 80.3 Å². The molecule has 1 rings (SSSR count). The third-order valence-corrected chi connectivity index (χ3v) is 12.1. The first-order valence-corrected chi connectivity index (χ1v) is 18.6. The summed E-state index contributed by atoms with van der Waals surface area (Å²) in [6, 6.07) is 10.9. The van der Waals surface area contributed by atoms with E-state index >= 15 is 0 Å². The summed E-state index contributed by atoms with van der Waals surface area (Å²) in [5.74, 6) is 0.958. The van der Waals surface area contributed by atoms with Gasteiger partial charge in [-0.2, -0.15) is 11.8 Å². The Morgan fingerprint density at radius 2 is 1.30 bits per heavy atom. The average molecular weight is 659 g/mol. The fraction of sp³-hybridized carbons (Fsp3) is 0.758. The molecule has 2 atom stereocenters. The summed E-state index contributed by atoms with van der Waals surface area (Å²) < 4.78 is 29.8.